The minimum absolute atomic E-state index is 0.0711. The Morgan fingerprint density at radius 3 is 2.48 bits per heavy atom. The second kappa shape index (κ2) is 7.67. The van der Waals surface area contributed by atoms with Crippen LogP contribution in [0.4, 0.5) is 18.9 Å². The van der Waals surface area contributed by atoms with E-state index in [0.29, 0.717) is 6.54 Å². The molecule has 0 saturated carbocycles. The van der Waals surface area contributed by atoms with Crippen LogP contribution in [-0.2, 0) is 21.0 Å². The number of sulfonamides is 1. The van der Waals surface area contributed by atoms with E-state index in [-0.39, 0.29) is 31.0 Å². The summed E-state index contributed by atoms with van der Waals surface area (Å²) in [6.07, 6.45) is -3.34. The summed E-state index contributed by atoms with van der Waals surface area (Å²) in [5.74, 6) is -0.231. The first-order valence-corrected chi connectivity index (χ1v) is 8.82. The fraction of sp³-hybridized carbons (Fsp3) is 0.500. The minimum Gasteiger partial charge on any atom is -0.356 e. The monoisotopic (exact) mass is 352 g/mol. The van der Waals surface area contributed by atoms with Crippen molar-refractivity contribution in [2.24, 2.45) is 0 Å². The maximum absolute atomic E-state index is 12.7. The van der Waals surface area contributed by atoms with Crippen molar-refractivity contribution in [3.8, 4) is 0 Å². The summed E-state index contributed by atoms with van der Waals surface area (Å²) in [4.78, 5) is 11.4. The van der Waals surface area contributed by atoms with Crippen LogP contribution in [-0.4, -0.2) is 33.7 Å². The van der Waals surface area contributed by atoms with E-state index in [2.05, 4.69) is 5.32 Å². The summed E-state index contributed by atoms with van der Waals surface area (Å²) in [5, 5.41) is 2.57. The number of carbonyl (C=O) groups is 1. The van der Waals surface area contributed by atoms with Crippen molar-refractivity contribution in [3.63, 3.8) is 0 Å². The van der Waals surface area contributed by atoms with Crippen LogP contribution in [0.25, 0.3) is 0 Å². The van der Waals surface area contributed by atoms with Gasteiger partial charge in [0.1, 0.15) is 0 Å². The number of benzene rings is 1. The molecule has 0 spiro atoms. The van der Waals surface area contributed by atoms with E-state index in [9.17, 15) is 26.4 Å². The van der Waals surface area contributed by atoms with Gasteiger partial charge in [-0.25, -0.2) is 8.42 Å². The van der Waals surface area contributed by atoms with Crippen molar-refractivity contribution >= 4 is 21.6 Å². The Morgan fingerprint density at radius 2 is 1.96 bits per heavy atom. The van der Waals surface area contributed by atoms with E-state index in [1.54, 1.807) is 6.92 Å². The molecule has 9 heteroatoms. The third kappa shape index (κ3) is 6.09. The summed E-state index contributed by atoms with van der Waals surface area (Å²) in [6, 6.07) is 4.11. The van der Waals surface area contributed by atoms with Crippen LogP contribution in [0.5, 0.6) is 0 Å². The van der Waals surface area contributed by atoms with Crippen LogP contribution in [0.2, 0.25) is 0 Å². The Kier molecular flexibility index (Phi) is 6.43. The fourth-order valence-electron chi connectivity index (χ4n) is 1.99. The van der Waals surface area contributed by atoms with Crippen molar-refractivity contribution in [1.82, 2.24) is 5.32 Å². The molecule has 0 heterocycles. The van der Waals surface area contributed by atoms with Gasteiger partial charge in [0.05, 0.1) is 17.5 Å². The number of halogens is 3. The van der Waals surface area contributed by atoms with Crippen LogP contribution >= 0.6 is 0 Å². The van der Waals surface area contributed by atoms with Gasteiger partial charge in [-0.05, 0) is 31.5 Å². The number of hydrogen-bond donors (Lipinski definition) is 1. The molecular weight excluding hydrogens is 333 g/mol. The standard InChI is InChI=1S/C14H19F3N2O3S/c1-3-18-13(20)8-5-9-19(23(2,21)22)12-7-4-6-11(10-12)14(15,16)17/h4,6-7,10H,3,5,8-9H2,1-2H3,(H,18,20). The first kappa shape index (κ1) is 19.3. The Labute approximate surface area is 133 Å². The molecule has 1 aromatic carbocycles. The van der Waals surface area contributed by atoms with Crippen molar-refractivity contribution in [3.05, 3.63) is 29.8 Å². The first-order valence-electron chi connectivity index (χ1n) is 6.97. The highest BCUT2D eigenvalue weighted by Crippen LogP contribution is 2.32. The molecule has 0 atom stereocenters. The zero-order valence-electron chi connectivity index (χ0n) is 12.9. The predicted octanol–water partition coefficient (Wildman–Crippen LogP) is 2.39. The van der Waals surface area contributed by atoms with Gasteiger partial charge in [-0.1, -0.05) is 6.07 Å². The van der Waals surface area contributed by atoms with Gasteiger partial charge in [-0.3, -0.25) is 9.10 Å². The SMILES string of the molecule is CCNC(=O)CCCN(c1cccc(C(F)(F)F)c1)S(C)(=O)=O. The zero-order valence-corrected chi connectivity index (χ0v) is 13.7. The third-order valence-electron chi connectivity index (χ3n) is 3.00. The molecule has 1 rings (SSSR count). The Morgan fingerprint density at radius 1 is 1.30 bits per heavy atom. The van der Waals surface area contributed by atoms with Gasteiger partial charge in [0.15, 0.2) is 0 Å². The summed E-state index contributed by atoms with van der Waals surface area (Å²) in [5.41, 5.74) is -0.995. The van der Waals surface area contributed by atoms with E-state index >= 15 is 0 Å². The third-order valence-corrected chi connectivity index (χ3v) is 4.19. The number of carbonyl (C=O) groups excluding carboxylic acids is 1. The minimum atomic E-state index is -4.56. The highest BCUT2D eigenvalue weighted by atomic mass is 32.2. The number of nitrogens with one attached hydrogen (secondary N) is 1. The predicted molar refractivity (Wildman–Crippen MR) is 81.6 cm³/mol. The number of alkyl halides is 3. The van der Waals surface area contributed by atoms with Crippen LogP contribution in [0.1, 0.15) is 25.3 Å². The average molecular weight is 352 g/mol. The molecule has 0 unspecified atom stereocenters. The van der Waals surface area contributed by atoms with Crippen molar-refractivity contribution in [1.29, 1.82) is 0 Å². The number of hydrogen-bond acceptors (Lipinski definition) is 3. The normalized spacial score (nSPS) is 12.0. The highest BCUT2D eigenvalue weighted by molar-refractivity contribution is 7.92. The van der Waals surface area contributed by atoms with Gasteiger partial charge in [0.2, 0.25) is 15.9 Å². The molecule has 5 nitrogen and oxygen atoms in total. The quantitative estimate of drug-likeness (QED) is 0.819. The molecule has 23 heavy (non-hydrogen) atoms. The first-order chi connectivity index (χ1) is 10.6. The van der Waals surface area contributed by atoms with Crippen LogP contribution in [0.15, 0.2) is 24.3 Å². The molecule has 1 N–H and O–H groups in total. The largest absolute Gasteiger partial charge is 0.416 e. The molecular formula is C14H19F3N2O3S. The van der Waals surface area contributed by atoms with Crippen molar-refractivity contribution in [2.75, 3.05) is 23.7 Å². The lowest BCUT2D eigenvalue weighted by atomic mass is 10.2. The molecule has 0 bridgehead atoms. The molecule has 0 saturated heterocycles. The maximum Gasteiger partial charge on any atom is 0.416 e. The second-order valence-corrected chi connectivity index (χ2v) is 6.85. The fourth-order valence-corrected chi connectivity index (χ4v) is 2.95. The van der Waals surface area contributed by atoms with Gasteiger partial charge >= 0.3 is 6.18 Å². The van der Waals surface area contributed by atoms with Crippen LogP contribution in [0.3, 0.4) is 0 Å². The number of anilines is 1. The molecule has 0 fully saturated rings. The van der Waals surface area contributed by atoms with E-state index in [1.165, 1.54) is 6.07 Å². The van der Waals surface area contributed by atoms with Gasteiger partial charge in [-0.2, -0.15) is 13.2 Å². The maximum atomic E-state index is 12.7. The van der Waals surface area contributed by atoms with Gasteiger partial charge in [0.25, 0.3) is 0 Å². The smallest absolute Gasteiger partial charge is 0.356 e. The summed E-state index contributed by atoms with van der Waals surface area (Å²) in [7, 11) is -3.76. The molecule has 1 amide bonds. The van der Waals surface area contributed by atoms with E-state index in [4.69, 9.17) is 0 Å². The molecule has 0 aliphatic carbocycles. The number of amides is 1. The Bertz CT molecular complexity index is 645. The highest BCUT2D eigenvalue weighted by Gasteiger charge is 2.31. The van der Waals surface area contributed by atoms with Crippen LogP contribution < -0.4 is 9.62 Å². The van der Waals surface area contributed by atoms with E-state index < -0.39 is 21.8 Å². The van der Waals surface area contributed by atoms with E-state index in [1.807, 2.05) is 0 Å². The lowest BCUT2D eigenvalue weighted by molar-refractivity contribution is -0.137. The summed E-state index contributed by atoms with van der Waals surface area (Å²) < 4.78 is 62.8. The van der Waals surface area contributed by atoms with Crippen molar-refractivity contribution < 1.29 is 26.4 Å². The Balaban J connectivity index is 2.94. The lowest BCUT2D eigenvalue weighted by Gasteiger charge is -2.23. The molecule has 0 aliphatic heterocycles. The average Bonchev–Trinajstić information content (AvgIpc) is 2.42. The lowest BCUT2D eigenvalue weighted by Crippen LogP contribution is -2.32. The van der Waals surface area contributed by atoms with Crippen LogP contribution in [0, 0.1) is 0 Å². The number of nitrogens with zero attached hydrogens (tertiary/aromatic N) is 1. The summed E-state index contributed by atoms with van der Waals surface area (Å²) in [6.45, 7) is 2.14. The molecule has 1 aromatic rings. The van der Waals surface area contributed by atoms with Gasteiger partial charge < -0.3 is 5.32 Å². The molecule has 130 valence electrons. The van der Waals surface area contributed by atoms with Crippen molar-refractivity contribution in [2.45, 2.75) is 25.9 Å². The molecule has 0 aliphatic rings. The topological polar surface area (TPSA) is 66.5 Å². The second-order valence-electron chi connectivity index (χ2n) is 4.94. The zero-order chi connectivity index (χ0) is 17.7. The Hall–Kier alpha value is -1.77. The number of rotatable bonds is 7. The van der Waals surface area contributed by atoms with Gasteiger partial charge in [-0.15, -0.1) is 0 Å². The summed E-state index contributed by atoms with van der Waals surface area (Å²) >= 11 is 0. The van der Waals surface area contributed by atoms with E-state index in [0.717, 1.165) is 28.8 Å². The molecule has 0 radical (unpaired) electrons. The van der Waals surface area contributed by atoms with Gasteiger partial charge in [0, 0.05) is 19.5 Å². The molecule has 0 aromatic heterocycles.